The van der Waals surface area contributed by atoms with Crippen LogP contribution in [0, 0.1) is 11.7 Å². The van der Waals surface area contributed by atoms with Crippen molar-refractivity contribution < 1.29 is 18.7 Å². The maximum Gasteiger partial charge on any atom is 0.227 e. The van der Waals surface area contributed by atoms with E-state index < -0.39 is 0 Å². The van der Waals surface area contributed by atoms with Crippen LogP contribution in [-0.4, -0.2) is 49.6 Å². The Morgan fingerprint density at radius 3 is 2.68 bits per heavy atom. The topological polar surface area (TPSA) is 70.7 Å². The lowest BCUT2D eigenvalue weighted by atomic mass is 9.89. The highest BCUT2D eigenvalue weighted by Crippen LogP contribution is 2.27. The molecular formula is C24H28FN3O3. The molecule has 7 heteroatoms. The maximum absolute atomic E-state index is 13.4. The normalized spacial score (nSPS) is 19.9. The van der Waals surface area contributed by atoms with Crippen LogP contribution in [0.3, 0.4) is 0 Å². The number of ether oxygens (including phenoxy) is 1. The molecule has 0 aromatic heterocycles. The number of carbonyl (C=O) groups excluding carboxylic acids is 2. The van der Waals surface area contributed by atoms with Crippen LogP contribution in [0.25, 0.3) is 0 Å². The minimum absolute atomic E-state index is 0.0241. The first-order chi connectivity index (χ1) is 15.1. The van der Waals surface area contributed by atoms with Crippen molar-refractivity contribution in [3.8, 4) is 0 Å². The lowest BCUT2D eigenvalue weighted by Crippen LogP contribution is -2.44. The number of hydrogen-bond acceptors (Lipinski definition) is 4. The first-order valence-electron chi connectivity index (χ1n) is 10.8. The molecule has 2 aliphatic rings. The Morgan fingerprint density at radius 2 is 1.90 bits per heavy atom. The Bertz CT molecular complexity index is 913. The number of hydrogen-bond donors (Lipinski definition) is 2. The second kappa shape index (κ2) is 10.0. The van der Waals surface area contributed by atoms with Crippen molar-refractivity contribution in [2.75, 3.05) is 38.2 Å². The summed E-state index contributed by atoms with van der Waals surface area (Å²) in [5, 5.41) is 5.95. The molecule has 0 spiro atoms. The number of para-hydroxylation sites is 1. The Hall–Kier alpha value is -2.77. The fourth-order valence-corrected chi connectivity index (χ4v) is 4.28. The molecule has 4 rings (SSSR count). The molecule has 31 heavy (non-hydrogen) atoms. The second-order valence-corrected chi connectivity index (χ2v) is 8.11. The van der Waals surface area contributed by atoms with Crippen LogP contribution in [-0.2, 0) is 20.7 Å². The number of rotatable bonds is 7. The quantitative estimate of drug-likeness (QED) is 0.716. The molecule has 2 unspecified atom stereocenters. The van der Waals surface area contributed by atoms with Gasteiger partial charge in [-0.05, 0) is 42.2 Å². The number of fused-ring (bicyclic) bond motifs is 1. The highest BCUT2D eigenvalue weighted by molar-refractivity contribution is 5.96. The van der Waals surface area contributed by atoms with Gasteiger partial charge in [-0.15, -0.1) is 0 Å². The zero-order valence-corrected chi connectivity index (χ0v) is 17.5. The van der Waals surface area contributed by atoms with E-state index in [-0.39, 0.29) is 29.6 Å². The molecule has 2 aromatic carbocycles. The molecule has 2 amide bonds. The lowest BCUT2D eigenvalue weighted by Gasteiger charge is -2.35. The van der Waals surface area contributed by atoms with E-state index in [9.17, 15) is 14.0 Å². The van der Waals surface area contributed by atoms with Crippen LogP contribution in [0.1, 0.15) is 30.0 Å². The smallest absolute Gasteiger partial charge is 0.227 e. The minimum atomic E-state index is -0.277. The van der Waals surface area contributed by atoms with Gasteiger partial charge in [-0.25, -0.2) is 4.39 Å². The molecule has 1 fully saturated rings. The molecule has 6 nitrogen and oxygen atoms in total. The zero-order valence-electron chi connectivity index (χ0n) is 17.5. The Kier molecular flexibility index (Phi) is 6.94. The number of carbonyl (C=O) groups is 2. The van der Waals surface area contributed by atoms with Gasteiger partial charge in [0, 0.05) is 37.7 Å². The fraction of sp³-hybridized carbons (Fsp3) is 0.417. The monoisotopic (exact) mass is 425 g/mol. The lowest BCUT2D eigenvalue weighted by molar-refractivity contribution is -0.123. The van der Waals surface area contributed by atoms with E-state index in [4.69, 9.17) is 4.74 Å². The summed E-state index contributed by atoms with van der Waals surface area (Å²) in [5.74, 6) is -0.579. The van der Waals surface area contributed by atoms with E-state index in [0.29, 0.717) is 39.0 Å². The number of morpholine rings is 1. The van der Waals surface area contributed by atoms with Gasteiger partial charge in [0.2, 0.25) is 11.8 Å². The van der Waals surface area contributed by atoms with E-state index in [0.717, 1.165) is 29.9 Å². The summed E-state index contributed by atoms with van der Waals surface area (Å²) < 4.78 is 18.8. The van der Waals surface area contributed by atoms with Crippen molar-refractivity contribution in [3.63, 3.8) is 0 Å². The van der Waals surface area contributed by atoms with Crippen molar-refractivity contribution in [2.45, 2.75) is 25.3 Å². The van der Waals surface area contributed by atoms with E-state index in [1.165, 1.54) is 12.1 Å². The molecule has 2 atom stereocenters. The van der Waals surface area contributed by atoms with Crippen LogP contribution >= 0.6 is 0 Å². The van der Waals surface area contributed by atoms with Crippen molar-refractivity contribution in [2.24, 2.45) is 5.92 Å². The molecule has 0 radical (unpaired) electrons. The summed E-state index contributed by atoms with van der Waals surface area (Å²) in [6.07, 6.45) is 1.45. The molecule has 0 saturated carbocycles. The highest BCUT2D eigenvalue weighted by Gasteiger charge is 2.27. The third-order valence-corrected chi connectivity index (χ3v) is 6.07. The number of anilines is 1. The van der Waals surface area contributed by atoms with Gasteiger partial charge in [0.05, 0.1) is 19.3 Å². The van der Waals surface area contributed by atoms with Gasteiger partial charge in [0.25, 0.3) is 0 Å². The molecule has 2 heterocycles. The Morgan fingerprint density at radius 1 is 1.16 bits per heavy atom. The second-order valence-electron chi connectivity index (χ2n) is 8.11. The summed E-state index contributed by atoms with van der Waals surface area (Å²) in [5.41, 5.74) is 2.93. The highest BCUT2D eigenvalue weighted by atomic mass is 19.1. The summed E-state index contributed by atoms with van der Waals surface area (Å²) in [4.78, 5) is 27.2. The van der Waals surface area contributed by atoms with Crippen molar-refractivity contribution in [1.29, 1.82) is 0 Å². The molecular weight excluding hydrogens is 397 g/mol. The van der Waals surface area contributed by atoms with E-state index in [2.05, 4.69) is 15.5 Å². The van der Waals surface area contributed by atoms with Gasteiger partial charge >= 0.3 is 0 Å². The third kappa shape index (κ3) is 5.48. The van der Waals surface area contributed by atoms with Crippen LogP contribution in [0.15, 0.2) is 48.5 Å². The van der Waals surface area contributed by atoms with E-state index in [1.807, 2.05) is 24.3 Å². The molecule has 164 valence electrons. The average molecular weight is 426 g/mol. The predicted octanol–water partition coefficient (Wildman–Crippen LogP) is 2.91. The number of benzene rings is 2. The van der Waals surface area contributed by atoms with Crippen LogP contribution in [0.2, 0.25) is 0 Å². The van der Waals surface area contributed by atoms with Gasteiger partial charge in [-0.1, -0.05) is 30.3 Å². The summed E-state index contributed by atoms with van der Waals surface area (Å²) >= 11 is 0. The zero-order chi connectivity index (χ0) is 21.6. The Balaban J connectivity index is 1.32. The maximum atomic E-state index is 13.4. The predicted molar refractivity (Wildman–Crippen MR) is 116 cm³/mol. The standard InChI is InChI=1S/C24H28FN3O3/c25-20-8-5-17(6-9-20)22(28-11-13-31-14-12-28)16-26-23(29)10-7-19-15-18-3-1-2-4-21(18)27-24(19)30/h1-6,8-9,19,22H,7,10-16H2,(H,26,29)(H,27,30). The molecule has 2 N–H and O–H groups in total. The third-order valence-electron chi connectivity index (χ3n) is 6.07. The molecule has 0 bridgehead atoms. The van der Waals surface area contributed by atoms with Crippen molar-refractivity contribution in [3.05, 3.63) is 65.5 Å². The largest absolute Gasteiger partial charge is 0.379 e. The van der Waals surface area contributed by atoms with Gasteiger partial charge in [-0.2, -0.15) is 0 Å². The van der Waals surface area contributed by atoms with Crippen LogP contribution < -0.4 is 10.6 Å². The summed E-state index contributed by atoms with van der Waals surface area (Å²) in [6, 6.07) is 14.2. The average Bonchev–Trinajstić information content (AvgIpc) is 2.79. The number of nitrogens with zero attached hydrogens (tertiary/aromatic N) is 1. The van der Waals surface area contributed by atoms with Crippen LogP contribution in [0.4, 0.5) is 10.1 Å². The van der Waals surface area contributed by atoms with Gasteiger partial charge < -0.3 is 15.4 Å². The fourth-order valence-electron chi connectivity index (χ4n) is 4.28. The summed E-state index contributed by atoms with van der Waals surface area (Å²) in [7, 11) is 0. The minimum Gasteiger partial charge on any atom is -0.379 e. The first kappa shape index (κ1) is 21.5. The summed E-state index contributed by atoms with van der Waals surface area (Å²) in [6.45, 7) is 3.25. The van der Waals surface area contributed by atoms with Gasteiger partial charge in [0.1, 0.15) is 5.82 Å². The molecule has 0 aliphatic carbocycles. The van der Waals surface area contributed by atoms with E-state index >= 15 is 0 Å². The molecule has 1 saturated heterocycles. The number of amides is 2. The van der Waals surface area contributed by atoms with E-state index in [1.54, 1.807) is 12.1 Å². The number of nitrogens with one attached hydrogen (secondary N) is 2. The molecule has 2 aliphatic heterocycles. The van der Waals surface area contributed by atoms with Crippen molar-refractivity contribution in [1.82, 2.24) is 10.2 Å². The van der Waals surface area contributed by atoms with Gasteiger partial charge in [0.15, 0.2) is 0 Å². The van der Waals surface area contributed by atoms with Crippen molar-refractivity contribution >= 4 is 17.5 Å². The number of halogens is 1. The SMILES string of the molecule is O=C(CCC1Cc2ccccc2NC1=O)NCC(c1ccc(F)cc1)N1CCOCC1. The van der Waals surface area contributed by atoms with Gasteiger partial charge in [-0.3, -0.25) is 14.5 Å². The van der Waals surface area contributed by atoms with Crippen LogP contribution in [0.5, 0.6) is 0 Å². The molecule has 2 aromatic rings. The Labute approximate surface area is 181 Å². The first-order valence-corrected chi connectivity index (χ1v) is 10.8.